The molecule has 1 amide bonds. The van der Waals surface area contributed by atoms with Crippen LogP contribution in [0.2, 0.25) is 0 Å². The molecule has 1 saturated carbocycles. The van der Waals surface area contributed by atoms with E-state index in [1.54, 1.807) is 0 Å². The highest BCUT2D eigenvalue weighted by Gasteiger charge is 2.51. The van der Waals surface area contributed by atoms with Crippen LogP contribution >= 0.6 is 0 Å². The molecule has 16 heteroatoms. The van der Waals surface area contributed by atoms with E-state index >= 15 is 0 Å². The molecule has 16 nitrogen and oxygen atoms in total. The maximum atomic E-state index is 12.5. The molecular formula is C23H46N6O10. The largest absolute Gasteiger partial charge is 0.394 e. The Morgan fingerprint density at radius 2 is 1.69 bits per heavy atom. The highest BCUT2D eigenvalue weighted by Crippen LogP contribution is 2.31. The van der Waals surface area contributed by atoms with E-state index < -0.39 is 92.0 Å². The van der Waals surface area contributed by atoms with Gasteiger partial charge in [0.25, 0.3) is 0 Å². The molecule has 15 N–H and O–H groups in total. The zero-order valence-corrected chi connectivity index (χ0v) is 22.1. The number of aliphatic hydroxyl groups excluding tert-OH is 5. The van der Waals surface area contributed by atoms with E-state index in [0.717, 1.165) is 13.0 Å². The Hall–Kier alpha value is -1.09. The van der Waals surface area contributed by atoms with Gasteiger partial charge in [-0.1, -0.05) is 6.92 Å². The van der Waals surface area contributed by atoms with Crippen molar-refractivity contribution in [3.8, 4) is 0 Å². The second-order valence-electron chi connectivity index (χ2n) is 10.4. The first-order valence-electron chi connectivity index (χ1n) is 13.4. The molecule has 0 aromatic heterocycles. The maximum Gasteiger partial charge on any atom is 0.250 e. The van der Waals surface area contributed by atoms with Crippen LogP contribution < -0.4 is 33.6 Å². The van der Waals surface area contributed by atoms with Gasteiger partial charge in [-0.3, -0.25) is 4.79 Å². The first-order chi connectivity index (χ1) is 18.5. The van der Waals surface area contributed by atoms with Gasteiger partial charge in [0.15, 0.2) is 12.6 Å². The lowest BCUT2D eigenvalue weighted by Gasteiger charge is -2.48. The molecule has 0 aromatic rings. The average Bonchev–Trinajstić information content (AvgIpc) is 2.92. The summed E-state index contributed by atoms with van der Waals surface area (Å²) in [4.78, 5) is 12.5. The van der Waals surface area contributed by atoms with Crippen molar-refractivity contribution in [3.63, 3.8) is 0 Å². The fraction of sp³-hybridized carbons (Fsp3) is 0.957. The number of aliphatic hydroxyl groups is 5. The first kappa shape index (κ1) is 32.4. The van der Waals surface area contributed by atoms with E-state index in [9.17, 15) is 30.3 Å². The van der Waals surface area contributed by atoms with Crippen LogP contribution in [0.3, 0.4) is 0 Å². The van der Waals surface area contributed by atoms with Gasteiger partial charge < -0.3 is 78.0 Å². The molecule has 1 aliphatic carbocycles. The monoisotopic (exact) mass is 566 g/mol. The van der Waals surface area contributed by atoms with Crippen LogP contribution in [0, 0.1) is 0 Å². The topological polar surface area (TPSA) is 283 Å². The zero-order chi connectivity index (χ0) is 28.9. The second-order valence-corrected chi connectivity index (χ2v) is 10.4. The number of rotatable bonds is 11. The van der Waals surface area contributed by atoms with Crippen molar-refractivity contribution < 1.29 is 49.3 Å². The maximum absolute atomic E-state index is 12.5. The smallest absolute Gasteiger partial charge is 0.250 e. The number of hydrogen-bond acceptors (Lipinski definition) is 15. The van der Waals surface area contributed by atoms with Crippen molar-refractivity contribution in [2.45, 2.75) is 112 Å². The van der Waals surface area contributed by atoms with Crippen molar-refractivity contribution in [1.82, 2.24) is 10.6 Å². The average molecular weight is 567 g/mol. The lowest BCUT2D eigenvalue weighted by Crippen LogP contribution is -2.69. The highest BCUT2D eigenvalue weighted by molar-refractivity contribution is 5.81. The summed E-state index contributed by atoms with van der Waals surface area (Å²) in [5, 5.41) is 57.4. The fourth-order valence-electron chi connectivity index (χ4n) is 5.12. The molecule has 2 saturated heterocycles. The van der Waals surface area contributed by atoms with Crippen LogP contribution in [-0.2, 0) is 23.7 Å². The standard InChI is InChI=1S/C23H46N6O10/c1-2-28-7-9-3-4-10(25)22(36-9)38-19-11(26)5-12(29-21(35)13(31)6-24)20(18(19)34)39-23-17(33)15(27)16(32)14(8-30)37-23/h9-20,22-23,28,30-34H,2-8,24-27H2,1H3,(H,29,35)/t9-,10+,11-,12+,13-,14+,15-,16+,17+,18-,19?,20-,22+,23+/m0/s1. The Kier molecular flexibility index (Phi) is 12.2. The molecular weight excluding hydrogens is 520 g/mol. The summed E-state index contributed by atoms with van der Waals surface area (Å²) >= 11 is 0. The van der Waals surface area contributed by atoms with E-state index in [2.05, 4.69) is 10.6 Å². The van der Waals surface area contributed by atoms with Crippen molar-refractivity contribution in [2.75, 3.05) is 26.2 Å². The van der Waals surface area contributed by atoms with E-state index in [1.807, 2.05) is 6.92 Å². The molecule has 228 valence electrons. The molecule has 0 aromatic carbocycles. The van der Waals surface area contributed by atoms with Gasteiger partial charge in [-0.15, -0.1) is 0 Å². The number of likely N-dealkylation sites (N-methyl/N-ethyl adjacent to an activating group) is 1. The predicted octanol–water partition coefficient (Wildman–Crippen LogP) is -6.14. The summed E-state index contributed by atoms with van der Waals surface area (Å²) < 4.78 is 23.6. The van der Waals surface area contributed by atoms with Crippen molar-refractivity contribution in [1.29, 1.82) is 0 Å². The molecule has 3 fully saturated rings. The van der Waals surface area contributed by atoms with Crippen LogP contribution in [0.5, 0.6) is 0 Å². The Balaban J connectivity index is 1.80. The van der Waals surface area contributed by atoms with Gasteiger partial charge in [0.05, 0.1) is 30.8 Å². The number of ether oxygens (including phenoxy) is 4. The van der Waals surface area contributed by atoms with Gasteiger partial charge >= 0.3 is 0 Å². The van der Waals surface area contributed by atoms with Crippen LogP contribution in [0.25, 0.3) is 0 Å². The van der Waals surface area contributed by atoms with Crippen LogP contribution in [0.1, 0.15) is 26.2 Å². The number of amides is 1. The molecule has 14 atom stereocenters. The minimum atomic E-state index is -1.54. The van der Waals surface area contributed by atoms with Crippen LogP contribution in [-0.4, -0.2) is 143 Å². The lowest BCUT2D eigenvalue weighted by atomic mass is 9.83. The minimum Gasteiger partial charge on any atom is -0.394 e. The summed E-state index contributed by atoms with van der Waals surface area (Å²) in [6.45, 7) is 2.39. The third kappa shape index (κ3) is 7.81. The summed E-state index contributed by atoms with van der Waals surface area (Å²) in [5.74, 6) is -0.816. The van der Waals surface area contributed by atoms with Crippen LogP contribution in [0.15, 0.2) is 0 Å². The van der Waals surface area contributed by atoms with Crippen LogP contribution in [0.4, 0.5) is 0 Å². The normalized spacial score (nSPS) is 44.1. The second kappa shape index (κ2) is 14.7. The highest BCUT2D eigenvalue weighted by atomic mass is 16.7. The zero-order valence-electron chi connectivity index (χ0n) is 22.1. The predicted molar refractivity (Wildman–Crippen MR) is 135 cm³/mol. The van der Waals surface area contributed by atoms with Crippen molar-refractivity contribution >= 4 is 5.91 Å². The third-order valence-corrected chi connectivity index (χ3v) is 7.51. The van der Waals surface area contributed by atoms with Gasteiger partial charge in [-0.2, -0.15) is 0 Å². The first-order valence-corrected chi connectivity index (χ1v) is 13.4. The molecule has 1 unspecified atom stereocenters. The quantitative estimate of drug-likeness (QED) is 0.111. The van der Waals surface area contributed by atoms with Gasteiger partial charge in [0, 0.05) is 19.1 Å². The summed E-state index contributed by atoms with van der Waals surface area (Å²) in [5.41, 5.74) is 23.9. The SMILES string of the molecule is CCNC[C@@H]1CC[C@@H](N)[C@@H](OC2[C@@H](N)C[C@@H](NC(=O)[C@@H](O)CN)[C@H](O[C@H]3O[C@H](CO)[C@@H](O)[C@H](N)[C@H]3O)[C@H]2O)O1. The number of nitrogens with one attached hydrogen (secondary N) is 2. The molecule has 39 heavy (non-hydrogen) atoms. The van der Waals surface area contributed by atoms with Gasteiger partial charge in [-0.05, 0) is 25.8 Å². The Morgan fingerprint density at radius 3 is 2.33 bits per heavy atom. The van der Waals surface area contributed by atoms with E-state index in [0.29, 0.717) is 13.0 Å². The third-order valence-electron chi connectivity index (χ3n) is 7.51. The lowest BCUT2D eigenvalue weighted by molar-refractivity contribution is -0.314. The fourth-order valence-corrected chi connectivity index (χ4v) is 5.12. The summed E-state index contributed by atoms with van der Waals surface area (Å²) in [7, 11) is 0. The van der Waals surface area contributed by atoms with E-state index in [1.165, 1.54) is 0 Å². The van der Waals surface area contributed by atoms with E-state index in [-0.39, 0.29) is 19.1 Å². The summed E-state index contributed by atoms with van der Waals surface area (Å²) in [6, 6.07) is -3.51. The number of carbonyl (C=O) groups is 1. The van der Waals surface area contributed by atoms with Crippen molar-refractivity contribution in [2.24, 2.45) is 22.9 Å². The molecule has 0 spiro atoms. The van der Waals surface area contributed by atoms with Gasteiger partial charge in [-0.25, -0.2) is 0 Å². The van der Waals surface area contributed by atoms with Gasteiger partial charge in [0.2, 0.25) is 5.91 Å². The molecule has 2 heterocycles. The minimum absolute atomic E-state index is 0.0269. The Bertz CT molecular complexity index is 769. The van der Waals surface area contributed by atoms with E-state index in [4.69, 9.17) is 41.9 Å². The van der Waals surface area contributed by atoms with Gasteiger partial charge in [0.1, 0.15) is 42.7 Å². The summed E-state index contributed by atoms with van der Waals surface area (Å²) in [6.07, 6.45) is -10.6. The molecule has 0 radical (unpaired) electrons. The Morgan fingerprint density at radius 1 is 1.00 bits per heavy atom. The molecule has 0 bridgehead atoms. The number of hydrogen-bond donors (Lipinski definition) is 11. The number of carbonyl (C=O) groups excluding carboxylic acids is 1. The molecule has 2 aliphatic heterocycles. The van der Waals surface area contributed by atoms with Crippen molar-refractivity contribution in [3.05, 3.63) is 0 Å². The molecule has 3 rings (SSSR count). The Labute approximate surface area is 227 Å². The molecule has 3 aliphatic rings. The number of nitrogens with two attached hydrogens (primary N) is 4.